The van der Waals surface area contributed by atoms with Crippen LogP contribution < -0.4 is 15.4 Å². The van der Waals surface area contributed by atoms with E-state index < -0.39 is 0 Å². The number of ether oxygens (including phenoxy) is 1. The van der Waals surface area contributed by atoms with E-state index in [9.17, 15) is 9.18 Å². The van der Waals surface area contributed by atoms with Crippen molar-refractivity contribution in [1.82, 2.24) is 10.6 Å². The lowest BCUT2D eigenvalue weighted by molar-refractivity contribution is -0.125. The number of amides is 1. The van der Waals surface area contributed by atoms with Crippen LogP contribution in [0.2, 0.25) is 0 Å². The van der Waals surface area contributed by atoms with Gasteiger partial charge < -0.3 is 15.4 Å². The normalized spacial score (nSPS) is 19.9. The van der Waals surface area contributed by atoms with E-state index in [0.29, 0.717) is 13.1 Å². The van der Waals surface area contributed by atoms with Gasteiger partial charge in [0.2, 0.25) is 5.91 Å². The third-order valence-electron chi connectivity index (χ3n) is 4.47. The molecule has 0 aliphatic carbocycles. The van der Waals surface area contributed by atoms with Gasteiger partial charge in [0, 0.05) is 25.6 Å². The Balaban J connectivity index is 1.63. The Morgan fingerprint density at radius 1 is 1.17 bits per heavy atom. The number of hydrogen-bond acceptors (Lipinski definition) is 3. The Labute approximate surface area is 141 Å². The van der Waals surface area contributed by atoms with Crippen LogP contribution >= 0.6 is 0 Å². The topological polar surface area (TPSA) is 50.4 Å². The Kier molecular flexibility index (Phi) is 5.11. The number of halogens is 1. The molecule has 2 N–H and O–H groups in total. The van der Waals surface area contributed by atoms with Crippen molar-refractivity contribution in [2.24, 2.45) is 5.92 Å². The molecule has 0 spiro atoms. The van der Waals surface area contributed by atoms with Gasteiger partial charge in [0.05, 0.1) is 13.0 Å². The Morgan fingerprint density at radius 2 is 1.88 bits per heavy atom. The summed E-state index contributed by atoms with van der Waals surface area (Å²) < 4.78 is 18.1. The summed E-state index contributed by atoms with van der Waals surface area (Å²) in [5, 5.41) is 6.25. The van der Waals surface area contributed by atoms with Gasteiger partial charge in [0.25, 0.3) is 0 Å². The molecule has 2 aromatic rings. The average Bonchev–Trinajstić information content (AvgIpc) is 3.11. The largest absolute Gasteiger partial charge is 0.497 e. The molecule has 1 saturated heterocycles. The number of hydrogen-bond donors (Lipinski definition) is 2. The maximum atomic E-state index is 12.9. The molecule has 1 aliphatic rings. The fourth-order valence-electron chi connectivity index (χ4n) is 3.08. The van der Waals surface area contributed by atoms with Crippen molar-refractivity contribution in [1.29, 1.82) is 0 Å². The van der Waals surface area contributed by atoms with Gasteiger partial charge in [-0.25, -0.2) is 4.39 Å². The van der Waals surface area contributed by atoms with E-state index in [-0.39, 0.29) is 23.6 Å². The lowest BCUT2D eigenvalue weighted by atomic mass is 9.88. The first-order valence-corrected chi connectivity index (χ1v) is 8.04. The third kappa shape index (κ3) is 3.74. The van der Waals surface area contributed by atoms with Crippen LogP contribution in [0.5, 0.6) is 5.75 Å². The Hall–Kier alpha value is -2.40. The number of rotatable bonds is 5. The van der Waals surface area contributed by atoms with Crippen molar-refractivity contribution in [3.8, 4) is 5.75 Å². The van der Waals surface area contributed by atoms with Crippen LogP contribution in [-0.4, -0.2) is 26.1 Å². The van der Waals surface area contributed by atoms with E-state index in [1.165, 1.54) is 12.1 Å². The average molecular weight is 328 g/mol. The van der Waals surface area contributed by atoms with Gasteiger partial charge in [-0.05, 0) is 35.4 Å². The number of benzene rings is 2. The van der Waals surface area contributed by atoms with Gasteiger partial charge in [-0.15, -0.1) is 0 Å². The molecule has 2 aromatic carbocycles. The predicted molar refractivity (Wildman–Crippen MR) is 90.3 cm³/mol. The van der Waals surface area contributed by atoms with Crippen molar-refractivity contribution >= 4 is 5.91 Å². The number of carbonyl (C=O) groups is 1. The summed E-state index contributed by atoms with van der Waals surface area (Å²) in [6, 6.07) is 14.0. The summed E-state index contributed by atoms with van der Waals surface area (Å²) in [6.45, 7) is 1.85. The molecule has 0 radical (unpaired) electrons. The summed E-state index contributed by atoms with van der Waals surface area (Å²) in [7, 11) is 1.64. The molecule has 2 unspecified atom stereocenters. The van der Waals surface area contributed by atoms with Crippen molar-refractivity contribution in [2.75, 3.05) is 20.2 Å². The number of nitrogens with one attached hydrogen (secondary N) is 2. The molecule has 1 fully saturated rings. The molecule has 2 atom stereocenters. The zero-order valence-electron chi connectivity index (χ0n) is 13.6. The van der Waals surface area contributed by atoms with E-state index in [0.717, 1.165) is 23.4 Å². The molecule has 126 valence electrons. The van der Waals surface area contributed by atoms with Gasteiger partial charge in [0.1, 0.15) is 11.6 Å². The molecule has 24 heavy (non-hydrogen) atoms. The van der Waals surface area contributed by atoms with Gasteiger partial charge >= 0.3 is 0 Å². The SMILES string of the molecule is COc1ccc(C2CNCC2C(=O)NCc2ccc(F)cc2)cc1. The van der Waals surface area contributed by atoms with Crippen molar-refractivity contribution in [2.45, 2.75) is 12.5 Å². The first-order chi connectivity index (χ1) is 11.7. The molecular formula is C19H21FN2O2. The van der Waals surface area contributed by atoms with Gasteiger partial charge in [-0.3, -0.25) is 4.79 Å². The zero-order valence-corrected chi connectivity index (χ0v) is 13.6. The van der Waals surface area contributed by atoms with Gasteiger partial charge in [-0.1, -0.05) is 24.3 Å². The number of methoxy groups -OCH3 is 1. The number of carbonyl (C=O) groups excluding carboxylic acids is 1. The molecule has 4 nitrogen and oxygen atoms in total. The predicted octanol–water partition coefficient (Wildman–Crippen LogP) is 2.45. The highest BCUT2D eigenvalue weighted by Gasteiger charge is 2.33. The molecule has 1 amide bonds. The summed E-state index contributed by atoms with van der Waals surface area (Å²) in [6.07, 6.45) is 0. The van der Waals surface area contributed by atoms with E-state index in [4.69, 9.17) is 4.74 Å². The van der Waals surface area contributed by atoms with Crippen LogP contribution in [0, 0.1) is 11.7 Å². The Morgan fingerprint density at radius 3 is 2.54 bits per heavy atom. The summed E-state index contributed by atoms with van der Waals surface area (Å²) in [5.41, 5.74) is 2.01. The van der Waals surface area contributed by atoms with E-state index in [1.807, 2.05) is 24.3 Å². The van der Waals surface area contributed by atoms with Crippen LogP contribution in [0.25, 0.3) is 0 Å². The fourth-order valence-corrected chi connectivity index (χ4v) is 3.08. The fraction of sp³-hybridized carbons (Fsp3) is 0.316. The Bertz CT molecular complexity index is 686. The van der Waals surface area contributed by atoms with Crippen molar-refractivity contribution < 1.29 is 13.9 Å². The lowest BCUT2D eigenvalue weighted by Crippen LogP contribution is -2.34. The van der Waals surface area contributed by atoms with Crippen LogP contribution in [0.15, 0.2) is 48.5 Å². The smallest absolute Gasteiger partial charge is 0.225 e. The third-order valence-corrected chi connectivity index (χ3v) is 4.47. The van der Waals surface area contributed by atoms with Gasteiger partial charge in [0.15, 0.2) is 0 Å². The van der Waals surface area contributed by atoms with Crippen LogP contribution in [0.3, 0.4) is 0 Å². The highest BCUT2D eigenvalue weighted by molar-refractivity contribution is 5.80. The highest BCUT2D eigenvalue weighted by atomic mass is 19.1. The quantitative estimate of drug-likeness (QED) is 0.886. The maximum Gasteiger partial charge on any atom is 0.225 e. The molecular weight excluding hydrogens is 307 g/mol. The van der Waals surface area contributed by atoms with Gasteiger partial charge in [-0.2, -0.15) is 0 Å². The first-order valence-electron chi connectivity index (χ1n) is 8.04. The molecule has 0 bridgehead atoms. The minimum Gasteiger partial charge on any atom is -0.497 e. The summed E-state index contributed by atoms with van der Waals surface area (Å²) in [5.74, 6) is 0.583. The molecule has 3 rings (SSSR count). The lowest BCUT2D eigenvalue weighted by Gasteiger charge is -2.19. The van der Waals surface area contributed by atoms with E-state index in [1.54, 1.807) is 19.2 Å². The molecule has 0 aromatic heterocycles. The molecule has 5 heteroatoms. The second-order valence-corrected chi connectivity index (χ2v) is 5.99. The van der Waals surface area contributed by atoms with Crippen LogP contribution in [-0.2, 0) is 11.3 Å². The van der Waals surface area contributed by atoms with Crippen LogP contribution in [0.1, 0.15) is 17.0 Å². The standard InChI is InChI=1S/C19H21FN2O2/c1-24-16-8-4-14(5-9-16)17-11-21-12-18(17)19(23)22-10-13-2-6-15(20)7-3-13/h2-9,17-18,21H,10-12H2,1H3,(H,22,23). The second-order valence-electron chi connectivity index (χ2n) is 5.99. The van der Waals surface area contributed by atoms with Crippen molar-refractivity contribution in [3.63, 3.8) is 0 Å². The van der Waals surface area contributed by atoms with E-state index in [2.05, 4.69) is 10.6 Å². The monoisotopic (exact) mass is 328 g/mol. The zero-order chi connectivity index (χ0) is 16.9. The molecule has 1 heterocycles. The van der Waals surface area contributed by atoms with Crippen LogP contribution in [0.4, 0.5) is 4.39 Å². The van der Waals surface area contributed by atoms with E-state index >= 15 is 0 Å². The summed E-state index contributed by atoms with van der Waals surface area (Å²) >= 11 is 0. The molecule has 0 saturated carbocycles. The summed E-state index contributed by atoms with van der Waals surface area (Å²) in [4.78, 5) is 12.5. The minimum atomic E-state index is -0.273. The minimum absolute atomic E-state index is 0.0187. The first kappa shape index (κ1) is 16.5. The second kappa shape index (κ2) is 7.45. The maximum absolute atomic E-state index is 12.9. The van der Waals surface area contributed by atoms with Crippen molar-refractivity contribution in [3.05, 3.63) is 65.5 Å². The highest BCUT2D eigenvalue weighted by Crippen LogP contribution is 2.29. The molecule has 1 aliphatic heterocycles.